The van der Waals surface area contributed by atoms with E-state index in [-0.39, 0.29) is 24.2 Å². The molecule has 23 heavy (non-hydrogen) atoms. The summed E-state index contributed by atoms with van der Waals surface area (Å²) in [6.45, 7) is 2.84. The quantitative estimate of drug-likeness (QED) is 0.863. The largest absolute Gasteiger partial charge is 0.494 e. The Bertz CT molecular complexity index is 684. The highest BCUT2D eigenvalue weighted by molar-refractivity contribution is 6.03. The maximum atomic E-state index is 12.2. The standard InChI is InChI=1S/C15H17N5O3/c1-2-23-12-5-3-11(4-6-12)20-8-10(7-13(20)21)14(22)18-15-16-9-17-19-15/h3-6,9-10H,2,7-8H2,1H3,(H2,16,17,18,19,22)/t10-/m0/s1. The highest BCUT2D eigenvalue weighted by Crippen LogP contribution is 2.27. The van der Waals surface area contributed by atoms with Gasteiger partial charge in [-0.25, -0.2) is 5.10 Å². The van der Waals surface area contributed by atoms with Crippen LogP contribution in [0, 0.1) is 5.92 Å². The second kappa shape index (κ2) is 6.47. The summed E-state index contributed by atoms with van der Waals surface area (Å²) >= 11 is 0. The van der Waals surface area contributed by atoms with Crippen molar-refractivity contribution in [1.82, 2.24) is 15.2 Å². The van der Waals surface area contributed by atoms with Gasteiger partial charge in [-0.3, -0.25) is 14.9 Å². The van der Waals surface area contributed by atoms with Crippen LogP contribution in [0.25, 0.3) is 0 Å². The summed E-state index contributed by atoms with van der Waals surface area (Å²) in [5, 5.41) is 8.84. The molecule has 2 heterocycles. The second-order valence-electron chi connectivity index (χ2n) is 5.16. The fourth-order valence-corrected chi connectivity index (χ4v) is 2.51. The molecule has 2 aromatic rings. The van der Waals surface area contributed by atoms with E-state index < -0.39 is 5.92 Å². The Morgan fingerprint density at radius 3 is 2.87 bits per heavy atom. The van der Waals surface area contributed by atoms with Crippen molar-refractivity contribution in [3.63, 3.8) is 0 Å². The average molecular weight is 315 g/mol. The van der Waals surface area contributed by atoms with Gasteiger partial charge in [0.25, 0.3) is 0 Å². The summed E-state index contributed by atoms with van der Waals surface area (Å²) in [5.41, 5.74) is 0.758. The third-order valence-corrected chi connectivity index (χ3v) is 3.61. The van der Waals surface area contributed by atoms with Gasteiger partial charge in [0, 0.05) is 18.7 Å². The first-order valence-electron chi connectivity index (χ1n) is 7.37. The molecular formula is C15H17N5O3. The third-order valence-electron chi connectivity index (χ3n) is 3.61. The lowest BCUT2D eigenvalue weighted by molar-refractivity contribution is -0.122. The molecule has 1 saturated heterocycles. The van der Waals surface area contributed by atoms with Crippen molar-refractivity contribution in [3.8, 4) is 5.75 Å². The summed E-state index contributed by atoms with van der Waals surface area (Å²) in [6, 6.07) is 7.27. The third kappa shape index (κ3) is 3.31. The Balaban J connectivity index is 1.66. The van der Waals surface area contributed by atoms with Crippen LogP contribution in [0.4, 0.5) is 11.6 Å². The summed E-state index contributed by atoms with van der Waals surface area (Å²) < 4.78 is 5.38. The van der Waals surface area contributed by atoms with Gasteiger partial charge < -0.3 is 9.64 Å². The van der Waals surface area contributed by atoms with E-state index in [2.05, 4.69) is 20.5 Å². The molecule has 1 atom stereocenters. The molecule has 1 aromatic heterocycles. The molecule has 0 bridgehead atoms. The van der Waals surface area contributed by atoms with Crippen LogP contribution in [0.5, 0.6) is 5.75 Å². The number of carbonyl (C=O) groups is 2. The van der Waals surface area contributed by atoms with Gasteiger partial charge in [-0.05, 0) is 31.2 Å². The molecule has 1 fully saturated rings. The predicted molar refractivity (Wildman–Crippen MR) is 83.1 cm³/mol. The number of ether oxygens (including phenoxy) is 1. The van der Waals surface area contributed by atoms with Crippen LogP contribution in [-0.2, 0) is 9.59 Å². The summed E-state index contributed by atoms with van der Waals surface area (Å²) in [7, 11) is 0. The molecule has 0 aliphatic carbocycles. The Hall–Kier alpha value is -2.90. The highest BCUT2D eigenvalue weighted by Gasteiger charge is 2.35. The first-order valence-corrected chi connectivity index (χ1v) is 7.37. The summed E-state index contributed by atoms with van der Waals surface area (Å²) in [4.78, 5) is 29.8. The van der Waals surface area contributed by atoms with E-state index in [4.69, 9.17) is 4.74 Å². The molecule has 8 heteroatoms. The minimum Gasteiger partial charge on any atom is -0.494 e. The normalized spacial score (nSPS) is 17.3. The van der Waals surface area contributed by atoms with E-state index in [9.17, 15) is 9.59 Å². The molecule has 0 spiro atoms. The van der Waals surface area contributed by atoms with Crippen LogP contribution in [0.3, 0.4) is 0 Å². The number of anilines is 2. The number of hydrogen-bond acceptors (Lipinski definition) is 5. The number of nitrogens with zero attached hydrogens (tertiary/aromatic N) is 3. The van der Waals surface area contributed by atoms with Crippen molar-refractivity contribution >= 4 is 23.5 Å². The van der Waals surface area contributed by atoms with Crippen molar-refractivity contribution in [2.24, 2.45) is 5.92 Å². The van der Waals surface area contributed by atoms with Gasteiger partial charge in [0.05, 0.1) is 12.5 Å². The van der Waals surface area contributed by atoms with E-state index in [0.717, 1.165) is 11.4 Å². The van der Waals surface area contributed by atoms with E-state index in [1.165, 1.54) is 6.33 Å². The Labute approximate surface area is 132 Å². The predicted octanol–water partition coefficient (Wildman–Crippen LogP) is 1.19. The van der Waals surface area contributed by atoms with Gasteiger partial charge in [0.15, 0.2) is 0 Å². The molecule has 0 radical (unpaired) electrons. The SMILES string of the molecule is CCOc1ccc(N2C[C@@H](C(=O)Nc3ncn[nH]3)CC2=O)cc1. The van der Waals surface area contributed by atoms with Crippen LogP contribution in [0.1, 0.15) is 13.3 Å². The fourth-order valence-electron chi connectivity index (χ4n) is 2.51. The molecule has 2 N–H and O–H groups in total. The monoisotopic (exact) mass is 315 g/mol. The summed E-state index contributed by atoms with van der Waals surface area (Å²) in [5.74, 6) is 0.291. The van der Waals surface area contributed by atoms with Gasteiger partial charge in [-0.15, -0.1) is 0 Å². The maximum absolute atomic E-state index is 12.2. The molecule has 2 amide bonds. The molecule has 1 aliphatic rings. The van der Waals surface area contributed by atoms with E-state index in [0.29, 0.717) is 13.2 Å². The van der Waals surface area contributed by atoms with Gasteiger partial charge >= 0.3 is 0 Å². The fraction of sp³-hybridized carbons (Fsp3) is 0.333. The van der Waals surface area contributed by atoms with Crippen LogP contribution < -0.4 is 15.0 Å². The van der Waals surface area contributed by atoms with Gasteiger partial charge in [-0.2, -0.15) is 10.1 Å². The Morgan fingerprint density at radius 2 is 2.22 bits per heavy atom. The number of aromatic nitrogens is 3. The van der Waals surface area contributed by atoms with E-state index >= 15 is 0 Å². The number of hydrogen-bond donors (Lipinski definition) is 2. The number of H-pyrrole nitrogens is 1. The lowest BCUT2D eigenvalue weighted by Crippen LogP contribution is -2.28. The average Bonchev–Trinajstić information content (AvgIpc) is 3.18. The van der Waals surface area contributed by atoms with E-state index in [1.54, 1.807) is 4.90 Å². The van der Waals surface area contributed by atoms with Gasteiger partial charge in [-0.1, -0.05) is 0 Å². The molecule has 0 saturated carbocycles. The summed E-state index contributed by atoms with van der Waals surface area (Å²) in [6.07, 6.45) is 1.48. The number of aromatic amines is 1. The maximum Gasteiger partial charge on any atom is 0.232 e. The van der Waals surface area contributed by atoms with Crippen molar-refractivity contribution in [2.75, 3.05) is 23.4 Å². The van der Waals surface area contributed by atoms with Crippen molar-refractivity contribution in [1.29, 1.82) is 0 Å². The number of carbonyl (C=O) groups excluding carboxylic acids is 2. The number of benzene rings is 1. The lowest BCUT2D eigenvalue weighted by atomic mass is 10.1. The number of rotatable bonds is 5. The minimum atomic E-state index is -0.417. The topological polar surface area (TPSA) is 100 Å². The molecule has 3 rings (SSSR count). The smallest absolute Gasteiger partial charge is 0.232 e. The first-order chi connectivity index (χ1) is 11.2. The minimum absolute atomic E-state index is 0.0770. The van der Waals surface area contributed by atoms with Crippen molar-refractivity contribution < 1.29 is 14.3 Å². The molecular weight excluding hydrogens is 298 g/mol. The Kier molecular flexibility index (Phi) is 4.22. The zero-order chi connectivity index (χ0) is 16.2. The highest BCUT2D eigenvalue weighted by atomic mass is 16.5. The van der Waals surface area contributed by atoms with Crippen LogP contribution in [-0.4, -0.2) is 40.1 Å². The van der Waals surface area contributed by atoms with Crippen LogP contribution in [0.15, 0.2) is 30.6 Å². The van der Waals surface area contributed by atoms with Crippen molar-refractivity contribution in [2.45, 2.75) is 13.3 Å². The molecule has 1 aromatic carbocycles. The lowest BCUT2D eigenvalue weighted by Gasteiger charge is -2.17. The zero-order valence-electron chi connectivity index (χ0n) is 12.7. The van der Waals surface area contributed by atoms with Crippen LogP contribution in [0.2, 0.25) is 0 Å². The van der Waals surface area contributed by atoms with Crippen LogP contribution >= 0.6 is 0 Å². The van der Waals surface area contributed by atoms with E-state index in [1.807, 2.05) is 31.2 Å². The zero-order valence-corrected chi connectivity index (χ0v) is 12.7. The van der Waals surface area contributed by atoms with Gasteiger partial charge in [0.1, 0.15) is 12.1 Å². The molecule has 120 valence electrons. The first kappa shape index (κ1) is 15.0. The molecule has 0 unspecified atom stereocenters. The molecule has 8 nitrogen and oxygen atoms in total. The molecule has 1 aliphatic heterocycles. The van der Waals surface area contributed by atoms with Crippen molar-refractivity contribution in [3.05, 3.63) is 30.6 Å². The number of amides is 2. The Morgan fingerprint density at radius 1 is 1.43 bits per heavy atom. The second-order valence-corrected chi connectivity index (χ2v) is 5.16. The number of nitrogens with one attached hydrogen (secondary N) is 2. The van der Waals surface area contributed by atoms with Gasteiger partial charge in [0.2, 0.25) is 17.8 Å².